The maximum Gasteiger partial charge on any atom is 0.331 e. The van der Waals surface area contributed by atoms with E-state index in [-0.39, 0.29) is 18.5 Å². The first-order valence-electron chi connectivity index (χ1n) is 9.79. The minimum Gasteiger partial charge on any atom is -0.496 e. The summed E-state index contributed by atoms with van der Waals surface area (Å²) in [5.41, 5.74) is 3.23. The number of nitrogens with zero attached hydrogens (tertiary/aromatic N) is 1. The summed E-state index contributed by atoms with van der Waals surface area (Å²) < 4.78 is 18.2. The summed E-state index contributed by atoms with van der Waals surface area (Å²) in [5.74, 6) is -0.126. The largest absolute Gasteiger partial charge is 0.496 e. The second kappa shape index (κ2) is 9.56. The van der Waals surface area contributed by atoms with Gasteiger partial charge in [0, 0.05) is 41.7 Å². The molecule has 0 saturated carbocycles. The van der Waals surface area contributed by atoms with E-state index in [0.29, 0.717) is 11.3 Å². The molecule has 0 unspecified atom stereocenters. The number of aryl methyl sites for hydroxylation is 1. The van der Waals surface area contributed by atoms with Crippen LogP contribution in [0, 0.1) is 13.8 Å². The van der Waals surface area contributed by atoms with E-state index in [1.807, 2.05) is 38.1 Å². The van der Waals surface area contributed by atoms with Crippen LogP contribution in [0.4, 0.5) is 0 Å². The number of Topliss-reactive ketones (excluding diaryl/α,β-unsaturated/α-hetero) is 1. The van der Waals surface area contributed by atoms with Crippen LogP contribution in [-0.4, -0.2) is 42.7 Å². The van der Waals surface area contributed by atoms with Gasteiger partial charge >= 0.3 is 5.97 Å². The van der Waals surface area contributed by atoms with Crippen LogP contribution in [0.1, 0.15) is 40.2 Å². The first kappa shape index (κ1) is 20.9. The van der Waals surface area contributed by atoms with Crippen molar-refractivity contribution in [3.05, 3.63) is 58.9 Å². The molecule has 1 fully saturated rings. The molecule has 0 spiro atoms. The lowest BCUT2D eigenvalue weighted by Gasteiger charge is -2.14. The van der Waals surface area contributed by atoms with Gasteiger partial charge in [-0.1, -0.05) is 18.2 Å². The Morgan fingerprint density at radius 2 is 2.07 bits per heavy atom. The molecule has 1 aromatic heterocycles. The first-order chi connectivity index (χ1) is 14.0. The second-order valence-corrected chi connectivity index (χ2v) is 7.14. The van der Waals surface area contributed by atoms with Gasteiger partial charge in [0.2, 0.25) is 5.78 Å². The van der Waals surface area contributed by atoms with Crippen molar-refractivity contribution in [1.29, 1.82) is 0 Å². The predicted molar refractivity (Wildman–Crippen MR) is 110 cm³/mol. The highest BCUT2D eigenvalue weighted by atomic mass is 16.5. The standard InChI is InChI=1S/C23H27NO5/c1-16-13-20(17(2)24(16)14-19-8-6-12-28-19)21(25)15-29-23(26)11-10-18-7-4-5-9-22(18)27-3/h4-5,7,9-11,13,19H,6,8,12,14-15H2,1-3H3/b11-10+/t19-/m1/s1. The normalized spacial score (nSPS) is 16.3. The smallest absolute Gasteiger partial charge is 0.331 e. The summed E-state index contributed by atoms with van der Waals surface area (Å²) in [6.45, 7) is 5.14. The quantitative estimate of drug-likeness (QED) is 0.386. The van der Waals surface area contributed by atoms with Crippen LogP contribution in [0.2, 0.25) is 0 Å². The van der Waals surface area contributed by atoms with Crippen LogP contribution in [0.3, 0.4) is 0 Å². The number of aromatic nitrogens is 1. The number of hydrogen-bond acceptors (Lipinski definition) is 5. The molecular weight excluding hydrogens is 370 g/mol. The van der Waals surface area contributed by atoms with E-state index in [1.54, 1.807) is 19.3 Å². The SMILES string of the molecule is COc1ccccc1/C=C/C(=O)OCC(=O)c1cc(C)n(C[C@H]2CCCO2)c1C. The third-order valence-corrected chi connectivity index (χ3v) is 5.17. The summed E-state index contributed by atoms with van der Waals surface area (Å²) in [5, 5.41) is 0. The van der Waals surface area contributed by atoms with Crippen molar-refractivity contribution in [2.24, 2.45) is 0 Å². The molecule has 2 aromatic rings. The minimum atomic E-state index is -0.572. The fourth-order valence-electron chi connectivity index (χ4n) is 3.58. The van der Waals surface area contributed by atoms with Gasteiger partial charge in [-0.2, -0.15) is 0 Å². The van der Waals surface area contributed by atoms with Gasteiger partial charge in [0.25, 0.3) is 0 Å². The molecule has 6 heteroatoms. The average Bonchev–Trinajstić information content (AvgIpc) is 3.34. The zero-order valence-electron chi connectivity index (χ0n) is 17.1. The number of methoxy groups -OCH3 is 1. The number of ether oxygens (including phenoxy) is 3. The van der Waals surface area contributed by atoms with Gasteiger partial charge in [-0.15, -0.1) is 0 Å². The van der Waals surface area contributed by atoms with Gasteiger partial charge in [0.1, 0.15) is 5.75 Å². The molecule has 6 nitrogen and oxygen atoms in total. The van der Waals surface area contributed by atoms with Gasteiger partial charge < -0.3 is 18.8 Å². The molecule has 29 heavy (non-hydrogen) atoms. The summed E-state index contributed by atoms with van der Waals surface area (Å²) in [7, 11) is 1.57. The maximum atomic E-state index is 12.6. The average molecular weight is 397 g/mol. The van der Waals surface area contributed by atoms with E-state index < -0.39 is 5.97 Å². The number of benzene rings is 1. The minimum absolute atomic E-state index is 0.195. The lowest BCUT2D eigenvalue weighted by molar-refractivity contribution is -0.136. The fourth-order valence-corrected chi connectivity index (χ4v) is 3.58. The highest BCUT2D eigenvalue weighted by Gasteiger charge is 2.21. The van der Waals surface area contributed by atoms with Crippen molar-refractivity contribution in [2.75, 3.05) is 20.3 Å². The zero-order chi connectivity index (χ0) is 20.8. The molecule has 1 aliphatic heterocycles. The highest BCUT2D eigenvalue weighted by molar-refractivity contribution is 6.00. The molecule has 0 aliphatic carbocycles. The van der Waals surface area contributed by atoms with Crippen LogP contribution in [0.25, 0.3) is 6.08 Å². The summed E-state index contributed by atoms with van der Waals surface area (Å²) in [4.78, 5) is 24.6. The monoisotopic (exact) mass is 397 g/mol. The van der Waals surface area contributed by atoms with Gasteiger partial charge in [0.15, 0.2) is 6.61 Å². The predicted octanol–water partition coefficient (Wildman–Crippen LogP) is 3.73. The number of hydrogen-bond donors (Lipinski definition) is 0. The van der Waals surface area contributed by atoms with E-state index in [9.17, 15) is 9.59 Å². The second-order valence-electron chi connectivity index (χ2n) is 7.14. The third-order valence-electron chi connectivity index (χ3n) is 5.17. The van der Waals surface area contributed by atoms with E-state index in [0.717, 1.165) is 42.9 Å². The van der Waals surface area contributed by atoms with Crippen molar-refractivity contribution in [3.63, 3.8) is 0 Å². The molecular formula is C23H27NO5. The van der Waals surface area contributed by atoms with Gasteiger partial charge in [-0.3, -0.25) is 4.79 Å². The number of ketones is 1. The topological polar surface area (TPSA) is 66.8 Å². The number of esters is 1. The maximum absolute atomic E-state index is 12.6. The van der Waals surface area contributed by atoms with Crippen LogP contribution in [0.15, 0.2) is 36.4 Å². The highest BCUT2D eigenvalue weighted by Crippen LogP contribution is 2.21. The first-order valence-corrected chi connectivity index (χ1v) is 9.79. The van der Waals surface area contributed by atoms with Crippen LogP contribution in [0.5, 0.6) is 5.75 Å². The number of carbonyl (C=O) groups excluding carboxylic acids is 2. The Kier molecular flexibility index (Phi) is 6.88. The lowest BCUT2D eigenvalue weighted by Crippen LogP contribution is -2.18. The van der Waals surface area contributed by atoms with Gasteiger partial charge in [-0.05, 0) is 44.9 Å². The van der Waals surface area contributed by atoms with Crippen molar-refractivity contribution in [2.45, 2.75) is 39.3 Å². The van der Waals surface area contributed by atoms with Crippen molar-refractivity contribution in [1.82, 2.24) is 4.57 Å². The Balaban J connectivity index is 1.59. The molecule has 1 aromatic carbocycles. The number of rotatable bonds is 8. The molecule has 3 rings (SSSR count). The summed E-state index contributed by atoms with van der Waals surface area (Å²) in [6, 6.07) is 9.19. The molecule has 0 N–H and O–H groups in total. The fraction of sp³-hybridized carbons (Fsp3) is 0.391. The van der Waals surface area contributed by atoms with Crippen molar-refractivity contribution < 1.29 is 23.8 Å². The Labute approximate surface area is 171 Å². The molecule has 0 radical (unpaired) electrons. The molecule has 2 heterocycles. The summed E-state index contributed by atoms with van der Waals surface area (Å²) >= 11 is 0. The van der Waals surface area contributed by atoms with Crippen LogP contribution in [-0.2, 0) is 20.8 Å². The van der Waals surface area contributed by atoms with E-state index >= 15 is 0 Å². The van der Waals surface area contributed by atoms with Gasteiger partial charge in [-0.25, -0.2) is 4.79 Å². The zero-order valence-corrected chi connectivity index (χ0v) is 17.1. The Morgan fingerprint density at radius 1 is 1.28 bits per heavy atom. The van der Waals surface area contributed by atoms with E-state index in [2.05, 4.69) is 4.57 Å². The van der Waals surface area contributed by atoms with Crippen LogP contribution >= 0.6 is 0 Å². The number of carbonyl (C=O) groups is 2. The van der Waals surface area contributed by atoms with Gasteiger partial charge in [0.05, 0.1) is 13.2 Å². The Bertz CT molecular complexity index is 906. The van der Waals surface area contributed by atoms with Crippen molar-refractivity contribution in [3.8, 4) is 5.75 Å². The molecule has 0 amide bonds. The lowest BCUT2D eigenvalue weighted by atomic mass is 10.1. The van der Waals surface area contributed by atoms with Crippen LogP contribution < -0.4 is 4.74 Å². The molecule has 1 saturated heterocycles. The van der Waals surface area contributed by atoms with E-state index in [1.165, 1.54) is 6.08 Å². The molecule has 1 atom stereocenters. The molecule has 1 aliphatic rings. The molecule has 154 valence electrons. The van der Waals surface area contributed by atoms with E-state index in [4.69, 9.17) is 14.2 Å². The number of para-hydroxylation sites is 1. The Morgan fingerprint density at radius 3 is 2.79 bits per heavy atom. The summed E-state index contributed by atoms with van der Waals surface area (Å²) in [6.07, 6.45) is 5.22. The third kappa shape index (κ3) is 5.15. The van der Waals surface area contributed by atoms with Crippen molar-refractivity contribution >= 4 is 17.8 Å². The molecule has 0 bridgehead atoms. The Hall–Kier alpha value is -2.86.